The zero-order chi connectivity index (χ0) is 13.4. The fraction of sp³-hybridized carbons (Fsp3) is 0.400. The van der Waals surface area contributed by atoms with Gasteiger partial charge < -0.3 is 4.90 Å². The molecule has 2 heterocycles. The quantitative estimate of drug-likeness (QED) is 0.668. The number of nitrogens with zero attached hydrogens (tertiary/aromatic N) is 2. The average Bonchev–Trinajstić information content (AvgIpc) is 2.42. The van der Waals surface area contributed by atoms with Gasteiger partial charge in [-0.3, -0.25) is 0 Å². The summed E-state index contributed by atoms with van der Waals surface area (Å²) in [5.41, 5.74) is 0. The maximum absolute atomic E-state index is 4.62. The van der Waals surface area contributed by atoms with E-state index in [4.69, 9.17) is 0 Å². The number of fused-ring (bicyclic) bond motifs is 1. The zero-order valence-electron chi connectivity index (χ0n) is 10.8. The van der Waals surface area contributed by atoms with E-state index >= 15 is 0 Å². The molecule has 2 nitrogen and oxygen atoms in total. The molecule has 0 saturated carbocycles. The summed E-state index contributed by atoms with van der Waals surface area (Å²) in [4.78, 5) is 7.66. The fourth-order valence-electron chi connectivity index (χ4n) is 2.71. The van der Waals surface area contributed by atoms with Crippen LogP contribution in [0, 0.1) is 5.92 Å². The fourth-order valence-corrected chi connectivity index (χ4v) is 3.58. The van der Waals surface area contributed by atoms with Crippen molar-refractivity contribution in [2.24, 2.45) is 5.92 Å². The van der Waals surface area contributed by atoms with Crippen LogP contribution in [-0.2, 0) is 0 Å². The minimum absolute atomic E-state index is 0.630. The van der Waals surface area contributed by atoms with E-state index in [1.54, 1.807) is 0 Å². The van der Waals surface area contributed by atoms with Crippen LogP contribution in [-0.4, -0.2) is 22.9 Å². The van der Waals surface area contributed by atoms with Crippen molar-refractivity contribution < 1.29 is 0 Å². The first-order valence-electron chi connectivity index (χ1n) is 6.59. The van der Waals surface area contributed by atoms with E-state index in [1.165, 1.54) is 17.2 Å². The third-order valence-corrected chi connectivity index (χ3v) is 5.88. The molecule has 2 unspecified atom stereocenters. The van der Waals surface area contributed by atoms with Gasteiger partial charge in [-0.15, -0.1) is 0 Å². The molecule has 2 atom stereocenters. The largest absolute Gasteiger partial charge is 0.356 e. The minimum atomic E-state index is 0.630. The molecule has 1 aromatic heterocycles. The van der Waals surface area contributed by atoms with Gasteiger partial charge in [0.1, 0.15) is 5.82 Å². The van der Waals surface area contributed by atoms with Gasteiger partial charge in [0, 0.05) is 39.4 Å². The normalized spacial score (nSPS) is 23.8. The lowest BCUT2D eigenvalue weighted by atomic mass is 9.99. The summed E-state index contributed by atoms with van der Waals surface area (Å²) in [6, 6.07) is 8.40. The lowest BCUT2D eigenvalue weighted by Crippen LogP contribution is -2.40. The van der Waals surface area contributed by atoms with E-state index in [2.05, 4.69) is 72.9 Å². The van der Waals surface area contributed by atoms with Crippen LogP contribution in [0.25, 0.3) is 10.8 Å². The molecule has 1 aliphatic rings. The first-order chi connectivity index (χ1) is 9.16. The molecule has 0 aliphatic carbocycles. The van der Waals surface area contributed by atoms with E-state index in [9.17, 15) is 0 Å². The molecule has 100 valence electrons. The number of hydrogen-bond acceptors (Lipinski definition) is 2. The Hall–Kier alpha value is -0.610. The van der Waals surface area contributed by atoms with Crippen molar-refractivity contribution in [3.05, 3.63) is 34.9 Å². The molecular weight excluding hydrogens is 368 g/mol. The van der Waals surface area contributed by atoms with Crippen LogP contribution in [0.2, 0.25) is 0 Å². The topological polar surface area (TPSA) is 16.1 Å². The van der Waals surface area contributed by atoms with Crippen LogP contribution in [0.15, 0.2) is 34.9 Å². The zero-order valence-corrected chi connectivity index (χ0v) is 14.0. The smallest absolute Gasteiger partial charge is 0.136 e. The lowest BCUT2D eigenvalue weighted by Gasteiger charge is -2.35. The lowest BCUT2D eigenvalue weighted by molar-refractivity contribution is 0.464. The highest BCUT2D eigenvalue weighted by molar-refractivity contribution is 9.10. The Morgan fingerprint density at radius 3 is 2.89 bits per heavy atom. The Kier molecular flexibility index (Phi) is 3.81. The standard InChI is InChI=1S/C15H16Br2N2/c1-10-9-19(8-6-13(10)16)15-12-3-2-4-14(17)11(12)5-7-18-15/h2-5,7,10,13H,6,8-9H2,1H3. The van der Waals surface area contributed by atoms with E-state index in [-0.39, 0.29) is 0 Å². The summed E-state index contributed by atoms with van der Waals surface area (Å²) >= 11 is 7.38. The van der Waals surface area contributed by atoms with Gasteiger partial charge >= 0.3 is 0 Å². The highest BCUT2D eigenvalue weighted by atomic mass is 79.9. The number of anilines is 1. The number of alkyl halides is 1. The third-order valence-electron chi connectivity index (χ3n) is 3.83. The molecule has 19 heavy (non-hydrogen) atoms. The number of pyridine rings is 1. The van der Waals surface area contributed by atoms with Gasteiger partial charge in [-0.25, -0.2) is 4.98 Å². The van der Waals surface area contributed by atoms with Gasteiger partial charge in [-0.2, -0.15) is 0 Å². The van der Waals surface area contributed by atoms with Crippen molar-refractivity contribution in [3.8, 4) is 0 Å². The summed E-state index contributed by atoms with van der Waals surface area (Å²) in [5.74, 6) is 1.77. The summed E-state index contributed by atoms with van der Waals surface area (Å²) in [6.45, 7) is 4.43. The van der Waals surface area contributed by atoms with E-state index in [1.807, 2.05) is 6.20 Å². The molecule has 1 aliphatic heterocycles. The van der Waals surface area contributed by atoms with Crippen molar-refractivity contribution >= 4 is 48.5 Å². The monoisotopic (exact) mass is 382 g/mol. The maximum atomic E-state index is 4.62. The second kappa shape index (κ2) is 5.41. The van der Waals surface area contributed by atoms with Crippen molar-refractivity contribution in [1.82, 2.24) is 4.98 Å². The predicted octanol–water partition coefficient (Wildman–Crippen LogP) is 4.61. The maximum Gasteiger partial charge on any atom is 0.136 e. The number of piperidine rings is 1. The Labute approximate surface area is 130 Å². The van der Waals surface area contributed by atoms with E-state index in [0.29, 0.717) is 10.7 Å². The highest BCUT2D eigenvalue weighted by Gasteiger charge is 2.25. The Bertz CT molecular complexity index is 600. The molecule has 0 amide bonds. The molecular formula is C15H16Br2N2. The minimum Gasteiger partial charge on any atom is -0.356 e. The first kappa shape index (κ1) is 13.4. The summed E-state index contributed by atoms with van der Waals surface area (Å²) in [6.07, 6.45) is 3.08. The van der Waals surface area contributed by atoms with Crippen molar-refractivity contribution in [3.63, 3.8) is 0 Å². The second-order valence-corrected chi connectivity index (χ2v) is 7.23. The van der Waals surface area contributed by atoms with Crippen LogP contribution >= 0.6 is 31.9 Å². The predicted molar refractivity (Wildman–Crippen MR) is 88.2 cm³/mol. The molecule has 0 spiro atoms. The molecule has 1 saturated heterocycles. The molecule has 3 rings (SSSR count). The Morgan fingerprint density at radius 1 is 1.26 bits per heavy atom. The van der Waals surface area contributed by atoms with Crippen LogP contribution in [0.3, 0.4) is 0 Å². The number of hydrogen-bond donors (Lipinski definition) is 0. The summed E-state index contributed by atoms with van der Waals surface area (Å²) in [5, 5.41) is 2.47. The molecule has 0 bridgehead atoms. The SMILES string of the molecule is CC1CN(c2nccc3c(Br)cccc23)CCC1Br. The molecule has 0 N–H and O–H groups in total. The number of halogens is 2. The Balaban J connectivity index is 2.04. The highest BCUT2D eigenvalue weighted by Crippen LogP contribution is 2.33. The number of rotatable bonds is 1. The summed E-state index contributed by atoms with van der Waals surface area (Å²) < 4.78 is 1.14. The number of benzene rings is 1. The van der Waals surface area contributed by atoms with Crippen LogP contribution in [0.1, 0.15) is 13.3 Å². The van der Waals surface area contributed by atoms with Gasteiger partial charge in [-0.05, 0) is 24.5 Å². The van der Waals surface area contributed by atoms with Gasteiger partial charge in [0.25, 0.3) is 0 Å². The number of aromatic nitrogens is 1. The molecule has 1 fully saturated rings. The van der Waals surface area contributed by atoms with Crippen molar-refractivity contribution in [2.45, 2.75) is 18.2 Å². The van der Waals surface area contributed by atoms with Gasteiger partial charge in [0.05, 0.1) is 0 Å². The molecule has 2 aromatic rings. The first-order valence-corrected chi connectivity index (χ1v) is 8.30. The molecule has 4 heteroatoms. The van der Waals surface area contributed by atoms with Crippen molar-refractivity contribution in [1.29, 1.82) is 0 Å². The van der Waals surface area contributed by atoms with E-state index in [0.717, 1.165) is 23.4 Å². The van der Waals surface area contributed by atoms with Crippen LogP contribution in [0.4, 0.5) is 5.82 Å². The molecule has 1 aromatic carbocycles. The van der Waals surface area contributed by atoms with Crippen LogP contribution in [0.5, 0.6) is 0 Å². The van der Waals surface area contributed by atoms with Gasteiger partial charge in [0.15, 0.2) is 0 Å². The van der Waals surface area contributed by atoms with Gasteiger partial charge in [0.2, 0.25) is 0 Å². The third kappa shape index (κ3) is 2.52. The summed E-state index contributed by atoms with van der Waals surface area (Å²) in [7, 11) is 0. The Morgan fingerprint density at radius 2 is 2.11 bits per heavy atom. The van der Waals surface area contributed by atoms with Crippen molar-refractivity contribution in [2.75, 3.05) is 18.0 Å². The molecule has 0 radical (unpaired) electrons. The second-order valence-electron chi connectivity index (χ2n) is 5.20. The average molecular weight is 384 g/mol. The van der Waals surface area contributed by atoms with Crippen LogP contribution < -0.4 is 4.90 Å². The van der Waals surface area contributed by atoms with Gasteiger partial charge in [-0.1, -0.05) is 50.9 Å². The van der Waals surface area contributed by atoms with E-state index < -0.39 is 0 Å².